The average Bonchev–Trinajstić information content (AvgIpc) is 3.26. The van der Waals surface area contributed by atoms with Gasteiger partial charge in [-0.2, -0.15) is 0 Å². The van der Waals surface area contributed by atoms with Gasteiger partial charge in [0, 0.05) is 7.05 Å². The van der Waals surface area contributed by atoms with E-state index in [0.717, 1.165) is 27.0 Å². The van der Waals surface area contributed by atoms with E-state index >= 15 is 0 Å². The van der Waals surface area contributed by atoms with Gasteiger partial charge in [0.25, 0.3) is 5.56 Å². The van der Waals surface area contributed by atoms with Gasteiger partial charge in [0.2, 0.25) is 0 Å². The third kappa shape index (κ3) is 4.15. The van der Waals surface area contributed by atoms with E-state index in [-0.39, 0.29) is 18.0 Å². The third-order valence-electron chi connectivity index (χ3n) is 4.90. The van der Waals surface area contributed by atoms with Crippen LogP contribution in [0.3, 0.4) is 0 Å². The Morgan fingerprint density at radius 3 is 2.48 bits per heavy atom. The maximum atomic E-state index is 13.0. The molecule has 0 unspecified atom stereocenters. The van der Waals surface area contributed by atoms with E-state index < -0.39 is 17.2 Å². The molecule has 0 aliphatic heterocycles. The molecule has 8 heteroatoms. The minimum Gasteiger partial charge on any atom is -0.497 e. The van der Waals surface area contributed by atoms with Gasteiger partial charge in [0.1, 0.15) is 22.1 Å². The molecule has 0 atom stereocenters. The molecule has 31 heavy (non-hydrogen) atoms. The van der Waals surface area contributed by atoms with Crippen molar-refractivity contribution in [3.8, 4) is 5.75 Å². The van der Waals surface area contributed by atoms with Crippen molar-refractivity contribution in [1.82, 2.24) is 9.13 Å². The number of nitrogens with zero attached hydrogens (tertiary/aromatic N) is 2. The standard InChI is InChI=1S/C23H20N2O5S/c1-24-21-18(12-19(31-21)22(27)30-14-15-7-4-3-5-8-15)20(26)25(23(24)28)13-16-9-6-10-17(11-16)29-2/h3-12H,13-14H2,1-2H3. The van der Waals surface area contributed by atoms with E-state index in [9.17, 15) is 14.4 Å². The number of aromatic nitrogens is 2. The highest BCUT2D eigenvalue weighted by atomic mass is 32.1. The minimum atomic E-state index is -0.531. The van der Waals surface area contributed by atoms with E-state index in [4.69, 9.17) is 9.47 Å². The first-order valence-corrected chi connectivity index (χ1v) is 10.4. The molecular formula is C23H20N2O5S. The Labute approximate surface area is 181 Å². The molecule has 2 aromatic carbocycles. The lowest BCUT2D eigenvalue weighted by Crippen LogP contribution is -2.38. The second-order valence-corrected chi connectivity index (χ2v) is 8.01. The van der Waals surface area contributed by atoms with E-state index in [2.05, 4.69) is 0 Å². The Bertz CT molecular complexity index is 1370. The van der Waals surface area contributed by atoms with Gasteiger partial charge >= 0.3 is 11.7 Å². The molecule has 0 aliphatic rings. The zero-order chi connectivity index (χ0) is 22.0. The number of thiophene rings is 1. The maximum absolute atomic E-state index is 13.0. The fraction of sp³-hybridized carbons (Fsp3) is 0.174. The Morgan fingerprint density at radius 2 is 1.74 bits per heavy atom. The molecule has 0 amide bonds. The SMILES string of the molecule is COc1cccc(Cn2c(=O)c3cc(C(=O)OCc4ccccc4)sc3n(C)c2=O)c1. The Hall–Kier alpha value is -3.65. The van der Waals surface area contributed by atoms with E-state index in [0.29, 0.717) is 16.0 Å². The predicted molar refractivity (Wildman–Crippen MR) is 119 cm³/mol. The van der Waals surface area contributed by atoms with Gasteiger partial charge < -0.3 is 9.47 Å². The highest BCUT2D eigenvalue weighted by molar-refractivity contribution is 7.20. The van der Waals surface area contributed by atoms with Crippen molar-refractivity contribution in [2.45, 2.75) is 13.2 Å². The lowest BCUT2D eigenvalue weighted by atomic mass is 10.2. The van der Waals surface area contributed by atoms with Crippen LogP contribution in [-0.2, 0) is 24.9 Å². The van der Waals surface area contributed by atoms with Gasteiger partial charge in [-0.05, 0) is 29.3 Å². The van der Waals surface area contributed by atoms with Gasteiger partial charge in [-0.1, -0.05) is 42.5 Å². The molecule has 2 aromatic heterocycles. The van der Waals surface area contributed by atoms with Crippen LogP contribution in [0.2, 0.25) is 0 Å². The zero-order valence-electron chi connectivity index (χ0n) is 17.0. The largest absolute Gasteiger partial charge is 0.497 e. The van der Waals surface area contributed by atoms with E-state index in [1.54, 1.807) is 32.4 Å². The zero-order valence-corrected chi connectivity index (χ0v) is 17.8. The quantitative estimate of drug-likeness (QED) is 0.434. The lowest BCUT2D eigenvalue weighted by Gasteiger charge is -2.09. The molecule has 4 aromatic rings. The van der Waals surface area contributed by atoms with Crippen LogP contribution >= 0.6 is 11.3 Å². The third-order valence-corrected chi connectivity index (χ3v) is 6.09. The number of rotatable bonds is 6. The number of fused-ring (bicyclic) bond motifs is 1. The highest BCUT2D eigenvalue weighted by Crippen LogP contribution is 2.23. The van der Waals surface area contributed by atoms with Crippen LogP contribution in [0.4, 0.5) is 0 Å². The topological polar surface area (TPSA) is 79.5 Å². The lowest BCUT2D eigenvalue weighted by molar-refractivity contribution is 0.0478. The van der Waals surface area contributed by atoms with E-state index in [1.165, 1.54) is 10.6 Å². The molecule has 2 heterocycles. The number of esters is 1. The van der Waals surface area contributed by atoms with Crippen LogP contribution in [-0.4, -0.2) is 22.2 Å². The van der Waals surface area contributed by atoms with Crippen molar-refractivity contribution in [1.29, 1.82) is 0 Å². The molecule has 158 valence electrons. The summed E-state index contributed by atoms with van der Waals surface area (Å²) in [5, 5.41) is 0.307. The van der Waals surface area contributed by atoms with Gasteiger partial charge in [0.05, 0.1) is 19.0 Å². The molecule has 4 rings (SSSR count). The van der Waals surface area contributed by atoms with Gasteiger partial charge in [-0.25, -0.2) is 9.59 Å². The first kappa shape index (κ1) is 20.6. The van der Waals surface area contributed by atoms with Gasteiger partial charge in [-0.15, -0.1) is 11.3 Å². The van der Waals surface area contributed by atoms with Crippen LogP contribution in [0.15, 0.2) is 70.3 Å². The molecule has 0 radical (unpaired) electrons. The van der Waals surface area contributed by atoms with Crippen molar-refractivity contribution in [2.75, 3.05) is 7.11 Å². The minimum absolute atomic E-state index is 0.0995. The smallest absolute Gasteiger partial charge is 0.348 e. The van der Waals surface area contributed by atoms with Gasteiger partial charge in [-0.3, -0.25) is 13.9 Å². The molecule has 0 saturated heterocycles. The molecule has 7 nitrogen and oxygen atoms in total. The van der Waals surface area contributed by atoms with E-state index in [1.807, 2.05) is 36.4 Å². The Balaban J connectivity index is 1.67. The molecule has 0 bridgehead atoms. The molecular weight excluding hydrogens is 416 g/mol. The number of methoxy groups -OCH3 is 1. The summed E-state index contributed by atoms with van der Waals surface area (Å²) in [5.41, 5.74) is 0.728. The number of carbonyl (C=O) groups is 1. The average molecular weight is 436 g/mol. The monoisotopic (exact) mass is 436 g/mol. The second kappa shape index (κ2) is 8.61. The first-order valence-electron chi connectivity index (χ1n) is 9.55. The first-order chi connectivity index (χ1) is 15.0. The Kier molecular flexibility index (Phi) is 5.73. The summed E-state index contributed by atoms with van der Waals surface area (Å²) >= 11 is 1.07. The van der Waals surface area contributed by atoms with Crippen LogP contribution in [0.1, 0.15) is 20.8 Å². The summed E-state index contributed by atoms with van der Waals surface area (Å²) in [4.78, 5) is 39.1. The number of ether oxygens (including phenoxy) is 2. The summed E-state index contributed by atoms with van der Waals surface area (Å²) in [6.45, 7) is 0.231. The van der Waals surface area contributed by atoms with Crippen LogP contribution in [0, 0.1) is 0 Å². The maximum Gasteiger partial charge on any atom is 0.348 e. The molecule has 0 spiro atoms. The summed E-state index contributed by atoms with van der Waals surface area (Å²) in [5.74, 6) is 0.110. The predicted octanol–water partition coefficient (Wildman–Crippen LogP) is 3.18. The summed E-state index contributed by atoms with van der Waals surface area (Å²) in [6, 6.07) is 18.0. The van der Waals surface area contributed by atoms with Crippen molar-refractivity contribution < 1.29 is 14.3 Å². The fourth-order valence-electron chi connectivity index (χ4n) is 3.27. The molecule has 0 fully saturated rings. The molecule has 0 N–H and O–H groups in total. The number of benzene rings is 2. The normalized spacial score (nSPS) is 10.9. The van der Waals surface area contributed by atoms with Crippen molar-refractivity contribution in [3.63, 3.8) is 0 Å². The number of carbonyl (C=O) groups excluding carboxylic acids is 1. The van der Waals surface area contributed by atoms with Crippen LogP contribution in [0.25, 0.3) is 10.2 Å². The summed E-state index contributed by atoms with van der Waals surface area (Å²) in [7, 11) is 3.14. The second-order valence-electron chi connectivity index (χ2n) is 6.98. The van der Waals surface area contributed by atoms with Crippen molar-refractivity contribution in [2.24, 2.45) is 7.05 Å². The number of hydrogen-bond donors (Lipinski definition) is 0. The fourth-order valence-corrected chi connectivity index (χ4v) is 4.27. The number of hydrogen-bond acceptors (Lipinski definition) is 6. The molecule has 0 aliphatic carbocycles. The van der Waals surface area contributed by atoms with Crippen molar-refractivity contribution in [3.05, 3.63) is 97.5 Å². The van der Waals surface area contributed by atoms with Crippen molar-refractivity contribution >= 4 is 27.5 Å². The Morgan fingerprint density at radius 1 is 1.00 bits per heavy atom. The highest BCUT2D eigenvalue weighted by Gasteiger charge is 2.19. The van der Waals surface area contributed by atoms with Gasteiger partial charge in [0.15, 0.2) is 0 Å². The number of aryl methyl sites for hydroxylation is 1. The van der Waals surface area contributed by atoms with Crippen LogP contribution < -0.4 is 16.0 Å². The summed E-state index contributed by atoms with van der Waals surface area (Å²) in [6.07, 6.45) is 0. The summed E-state index contributed by atoms with van der Waals surface area (Å²) < 4.78 is 13.1. The molecule has 0 saturated carbocycles. The van der Waals surface area contributed by atoms with Crippen LogP contribution in [0.5, 0.6) is 5.75 Å².